The summed E-state index contributed by atoms with van der Waals surface area (Å²) in [7, 11) is 0. The van der Waals surface area contributed by atoms with Crippen molar-refractivity contribution in [2.24, 2.45) is 0 Å². The molecule has 4 rings (SSSR count). The number of aryl methyl sites for hydroxylation is 1. The van der Waals surface area contributed by atoms with Crippen LogP contribution >= 0.6 is 0 Å². The first kappa shape index (κ1) is 18.7. The molecular formula is C19H14F3N5O2. The van der Waals surface area contributed by atoms with Gasteiger partial charge in [-0.15, -0.1) is 0 Å². The Labute approximate surface area is 161 Å². The molecule has 0 saturated carbocycles. The second-order valence-electron chi connectivity index (χ2n) is 6.56. The van der Waals surface area contributed by atoms with E-state index >= 15 is 0 Å². The standard InChI is InChI=1S/C19H14F3N5O2/c1-9-4-11(10-2-3-13(24-6-10)19(20,21)22)5-12-15-17(23)25-8-26-18(15)27(16(9)12)7-14(28)29/h2-6,8H,7H2,1H3,(H,28,29)(H2,23,25,26). The summed E-state index contributed by atoms with van der Waals surface area (Å²) in [5.74, 6) is -0.859. The first-order chi connectivity index (χ1) is 13.7. The van der Waals surface area contributed by atoms with Gasteiger partial charge in [-0.1, -0.05) is 6.07 Å². The van der Waals surface area contributed by atoms with Crippen LogP contribution < -0.4 is 5.73 Å². The SMILES string of the molecule is Cc1cc(-c2ccc(C(F)(F)F)nc2)cc2c3c(N)ncnc3n(CC(=O)O)c12. The normalized spacial score (nSPS) is 12.0. The summed E-state index contributed by atoms with van der Waals surface area (Å²) in [4.78, 5) is 23.0. The molecule has 29 heavy (non-hydrogen) atoms. The summed E-state index contributed by atoms with van der Waals surface area (Å²) in [6, 6.07) is 5.74. The predicted molar refractivity (Wildman–Crippen MR) is 100 cm³/mol. The highest BCUT2D eigenvalue weighted by molar-refractivity contribution is 6.13. The van der Waals surface area contributed by atoms with Crippen LogP contribution in [0.15, 0.2) is 36.8 Å². The molecule has 0 amide bonds. The molecule has 3 heterocycles. The molecule has 0 bridgehead atoms. The van der Waals surface area contributed by atoms with Crippen molar-refractivity contribution in [1.29, 1.82) is 0 Å². The van der Waals surface area contributed by atoms with Crippen LogP contribution in [-0.4, -0.2) is 30.6 Å². The van der Waals surface area contributed by atoms with Gasteiger partial charge in [0.15, 0.2) is 0 Å². The Bertz CT molecular complexity index is 1260. The van der Waals surface area contributed by atoms with Gasteiger partial charge in [-0.2, -0.15) is 13.2 Å². The molecule has 0 spiro atoms. The number of carboxylic acids is 1. The van der Waals surface area contributed by atoms with E-state index in [0.717, 1.165) is 17.8 Å². The third-order valence-corrected chi connectivity index (χ3v) is 4.63. The molecule has 0 radical (unpaired) electrons. The van der Waals surface area contributed by atoms with Crippen molar-refractivity contribution in [3.8, 4) is 11.1 Å². The second-order valence-corrected chi connectivity index (χ2v) is 6.56. The maximum Gasteiger partial charge on any atom is 0.433 e. The zero-order valence-electron chi connectivity index (χ0n) is 15.0. The molecule has 0 unspecified atom stereocenters. The van der Waals surface area contributed by atoms with E-state index in [9.17, 15) is 23.1 Å². The fraction of sp³-hybridized carbons (Fsp3) is 0.158. The Hall–Kier alpha value is -3.69. The van der Waals surface area contributed by atoms with E-state index in [0.29, 0.717) is 33.1 Å². The fourth-order valence-electron chi connectivity index (χ4n) is 3.47. The van der Waals surface area contributed by atoms with E-state index in [1.54, 1.807) is 19.1 Å². The van der Waals surface area contributed by atoms with Gasteiger partial charge in [-0.05, 0) is 36.2 Å². The molecule has 0 aliphatic heterocycles. The quantitative estimate of drug-likeness (QED) is 0.543. The molecule has 10 heteroatoms. The molecule has 0 aliphatic carbocycles. The number of halogens is 3. The molecule has 148 valence electrons. The number of carboxylic acid groups (broad SMARTS) is 1. The number of nitrogens with two attached hydrogens (primary N) is 1. The lowest BCUT2D eigenvalue weighted by molar-refractivity contribution is -0.141. The van der Waals surface area contributed by atoms with Crippen LogP contribution in [0, 0.1) is 6.92 Å². The number of nitrogen functional groups attached to an aromatic ring is 1. The predicted octanol–water partition coefficient (Wildman–Crippen LogP) is 3.64. The monoisotopic (exact) mass is 401 g/mol. The number of anilines is 1. The van der Waals surface area contributed by atoms with Gasteiger partial charge in [0.25, 0.3) is 0 Å². The highest BCUT2D eigenvalue weighted by atomic mass is 19.4. The fourth-order valence-corrected chi connectivity index (χ4v) is 3.47. The van der Waals surface area contributed by atoms with Crippen molar-refractivity contribution >= 4 is 33.7 Å². The minimum Gasteiger partial charge on any atom is -0.480 e. The number of carbonyl (C=O) groups is 1. The third kappa shape index (κ3) is 3.12. The summed E-state index contributed by atoms with van der Waals surface area (Å²) in [6.07, 6.45) is -2.11. The lowest BCUT2D eigenvalue weighted by Gasteiger charge is -2.09. The molecule has 0 aliphatic rings. The number of nitrogens with zero attached hydrogens (tertiary/aromatic N) is 4. The molecule has 3 aromatic heterocycles. The zero-order chi connectivity index (χ0) is 20.9. The van der Waals surface area contributed by atoms with Crippen LogP contribution in [0.5, 0.6) is 0 Å². The van der Waals surface area contributed by atoms with E-state index < -0.39 is 17.8 Å². The van der Waals surface area contributed by atoms with Gasteiger partial charge in [-0.3, -0.25) is 9.78 Å². The van der Waals surface area contributed by atoms with E-state index in [-0.39, 0.29) is 12.4 Å². The van der Waals surface area contributed by atoms with Crippen molar-refractivity contribution in [1.82, 2.24) is 19.5 Å². The first-order valence-corrected chi connectivity index (χ1v) is 8.45. The average molecular weight is 401 g/mol. The van der Waals surface area contributed by atoms with Crippen LogP contribution in [0.3, 0.4) is 0 Å². The lowest BCUT2D eigenvalue weighted by Crippen LogP contribution is -2.09. The molecule has 4 aromatic rings. The van der Waals surface area contributed by atoms with Gasteiger partial charge in [0.2, 0.25) is 0 Å². The number of hydrogen-bond acceptors (Lipinski definition) is 5. The van der Waals surface area contributed by atoms with Crippen LogP contribution in [0.2, 0.25) is 0 Å². The van der Waals surface area contributed by atoms with Gasteiger partial charge in [-0.25, -0.2) is 9.97 Å². The molecule has 1 aromatic carbocycles. The smallest absolute Gasteiger partial charge is 0.433 e. The topological polar surface area (TPSA) is 107 Å². The number of fused-ring (bicyclic) bond motifs is 3. The Balaban J connectivity index is 1.98. The summed E-state index contributed by atoms with van der Waals surface area (Å²) < 4.78 is 39.9. The maximum atomic E-state index is 12.8. The number of benzene rings is 1. The number of alkyl halides is 3. The number of hydrogen-bond donors (Lipinski definition) is 2. The highest BCUT2D eigenvalue weighted by Gasteiger charge is 2.32. The Kier molecular flexibility index (Phi) is 4.14. The van der Waals surface area contributed by atoms with Crippen LogP contribution in [0.25, 0.3) is 33.1 Å². The third-order valence-electron chi connectivity index (χ3n) is 4.63. The van der Waals surface area contributed by atoms with Gasteiger partial charge >= 0.3 is 12.1 Å². The maximum absolute atomic E-state index is 12.8. The van der Waals surface area contributed by atoms with Gasteiger partial charge < -0.3 is 15.4 Å². The number of rotatable bonds is 3. The first-order valence-electron chi connectivity index (χ1n) is 8.45. The van der Waals surface area contributed by atoms with E-state index in [1.165, 1.54) is 17.0 Å². The lowest BCUT2D eigenvalue weighted by atomic mass is 10.0. The van der Waals surface area contributed by atoms with Crippen LogP contribution in [-0.2, 0) is 17.5 Å². The number of aromatic nitrogens is 4. The highest BCUT2D eigenvalue weighted by Crippen LogP contribution is 2.36. The van der Waals surface area contributed by atoms with Crippen molar-refractivity contribution in [3.63, 3.8) is 0 Å². The van der Waals surface area contributed by atoms with E-state index in [4.69, 9.17) is 5.73 Å². The zero-order valence-corrected chi connectivity index (χ0v) is 15.0. The minimum atomic E-state index is -4.52. The van der Waals surface area contributed by atoms with Gasteiger partial charge in [0, 0.05) is 17.1 Å². The van der Waals surface area contributed by atoms with Crippen LogP contribution in [0.4, 0.5) is 19.0 Å². The summed E-state index contributed by atoms with van der Waals surface area (Å²) >= 11 is 0. The van der Waals surface area contributed by atoms with E-state index in [1.807, 2.05) is 0 Å². The van der Waals surface area contributed by atoms with Crippen molar-refractivity contribution < 1.29 is 23.1 Å². The molecule has 0 atom stereocenters. The largest absolute Gasteiger partial charge is 0.480 e. The number of pyridine rings is 1. The summed E-state index contributed by atoms with van der Waals surface area (Å²) in [6.45, 7) is 1.46. The summed E-state index contributed by atoms with van der Waals surface area (Å²) in [5.41, 5.74) is 7.87. The Morgan fingerprint density at radius 1 is 1.17 bits per heavy atom. The molecule has 0 saturated heterocycles. The van der Waals surface area contributed by atoms with Crippen molar-refractivity contribution in [2.75, 3.05) is 5.73 Å². The second kappa shape index (κ2) is 6.43. The van der Waals surface area contributed by atoms with Crippen molar-refractivity contribution in [2.45, 2.75) is 19.6 Å². The van der Waals surface area contributed by atoms with Crippen molar-refractivity contribution in [3.05, 3.63) is 48.0 Å². The average Bonchev–Trinajstić information content (AvgIpc) is 2.96. The minimum absolute atomic E-state index is 0.186. The van der Waals surface area contributed by atoms with Crippen LogP contribution in [0.1, 0.15) is 11.3 Å². The molecule has 0 fully saturated rings. The Morgan fingerprint density at radius 2 is 1.93 bits per heavy atom. The molecule has 3 N–H and O–H groups in total. The van der Waals surface area contributed by atoms with Gasteiger partial charge in [0.1, 0.15) is 30.0 Å². The summed E-state index contributed by atoms with van der Waals surface area (Å²) in [5, 5.41) is 10.4. The Morgan fingerprint density at radius 3 is 2.55 bits per heavy atom. The molecule has 7 nitrogen and oxygen atoms in total. The number of aliphatic carboxylic acids is 1. The van der Waals surface area contributed by atoms with Gasteiger partial charge in [0.05, 0.1) is 10.9 Å². The van der Waals surface area contributed by atoms with E-state index in [2.05, 4.69) is 15.0 Å². The molecular weight excluding hydrogens is 387 g/mol.